The number of carbonyl (C=O) groups is 8. The molecule has 9 heterocycles. The highest BCUT2D eigenvalue weighted by molar-refractivity contribution is 7.91. The fourth-order valence-corrected chi connectivity index (χ4v) is 19.6. The summed E-state index contributed by atoms with van der Waals surface area (Å²) >= 11 is 0. The third-order valence-corrected chi connectivity index (χ3v) is 28.6. The fourth-order valence-electron chi connectivity index (χ4n) is 18.3. The number of rotatable bonds is 23. The Labute approximate surface area is 777 Å². The minimum atomic E-state index is -4.26. The number of benzene rings is 2. The standard InChI is InChI=1S/C97H131FN14O20S/c1-61-15-11-10-12-16-62(2)83(126-8)52-75-23-18-66(6)97(123,132-75)89(117)92(120)112-32-14-13-17-77(112)93(121)130-74(51-78(113)64(4)48-65(5)80(115)53-79(114)63(3)47-61)24-19-68-20-26-82(84(49-68)127-9)131-96(122)106-56-69-54-102-94(103-55-69)110-39-37-108(38-40-110)87(116)30-43-128-44-41-107-33-35-109(36-34-107)95-104-58-73(59-105-95)90(118)100-31-46-133(124,125)85-28-25-76(67(7)88(85)98)91(119)111-42-45-129-81-27-21-70(50-72(81)60-111)71-22-29-86(99)101-57-71/h10-12,15-16,21-22,25,27-29,48,50,54-55,57-59,61,63-64,66,68,74-75,77-78,80,82-84,113,115,123H,13-14,17-20,23-24,26,30-47,49,51-53,56,60H2,1-9H3,(H2,99,101)(H,100,118)(H,106,122)/b12-10?,15-11+,62-16?,65-48+/t61-,63-,64-,66-,68-,74-,75?,77+,78-,80+,82-,83+,84-,97-/m1/s1. The van der Waals surface area contributed by atoms with Gasteiger partial charge in [0.05, 0.1) is 68.0 Å². The maximum Gasteiger partial charge on any atom is 0.407 e. The van der Waals surface area contributed by atoms with Gasteiger partial charge in [0.2, 0.25) is 23.6 Å². The number of alkyl carbamates (subject to hydrolysis) is 1. The van der Waals surface area contributed by atoms with Crippen LogP contribution in [0.4, 0.5) is 26.9 Å². The van der Waals surface area contributed by atoms with Gasteiger partial charge < -0.3 is 89.3 Å². The second-order valence-corrected chi connectivity index (χ2v) is 38.4. The topological polar surface area (TPSA) is 430 Å². The van der Waals surface area contributed by atoms with Crippen molar-refractivity contribution in [1.82, 2.24) is 55.2 Å². The molecule has 5 aromatic rings. The Balaban J connectivity index is 0.539. The van der Waals surface area contributed by atoms with E-state index < -0.39 is 128 Å². The average Bonchev–Trinajstić information content (AvgIpc) is 1.70. The molecule has 14 atom stereocenters. The number of carbonyl (C=O) groups excluding carboxylic acids is 8. The molecule has 722 valence electrons. The van der Waals surface area contributed by atoms with Crippen LogP contribution >= 0.6 is 0 Å². The lowest BCUT2D eigenvalue weighted by molar-refractivity contribution is -0.265. The number of ketones is 2. The number of anilines is 3. The van der Waals surface area contributed by atoms with Gasteiger partial charge in [-0.2, -0.15) is 0 Å². The van der Waals surface area contributed by atoms with Gasteiger partial charge in [0.15, 0.2) is 9.84 Å². The quantitative estimate of drug-likeness (QED) is 0.0154. The second-order valence-electron chi connectivity index (χ2n) is 36.4. The molecule has 34 nitrogen and oxygen atoms in total. The number of hydrogen-bond donors (Lipinski definition) is 6. The van der Waals surface area contributed by atoms with E-state index in [-0.39, 0.29) is 124 Å². The molecular weight excluding hydrogens is 1730 g/mol. The molecule has 7 N–H and O–H groups in total. The number of aliphatic hydroxyl groups excluding tert-OH is 2. The number of sulfone groups is 1. The summed E-state index contributed by atoms with van der Waals surface area (Å²) in [5.41, 5.74) is 10.2. The van der Waals surface area contributed by atoms with Crippen molar-refractivity contribution in [2.24, 2.45) is 29.6 Å². The molecule has 36 heteroatoms. The number of aromatic nitrogens is 5. The molecular formula is C97H131FN14O20S. The number of amides is 5. The monoisotopic (exact) mass is 1860 g/mol. The summed E-state index contributed by atoms with van der Waals surface area (Å²) < 4.78 is 85.3. The van der Waals surface area contributed by atoms with Crippen LogP contribution in [0.1, 0.15) is 175 Å². The van der Waals surface area contributed by atoms with Crippen LogP contribution in [0.2, 0.25) is 0 Å². The number of allylic oxidation sites excluding steroid dienone is 5. The number of ether oxygens (including phenoxy) is 7. The summed E-state index contributed by atoms with van der Waals surface area (Å²) in [5.74, 6) is -8.00. The number of nitrogens with two attached hydrogens (primary N) is 1. The largest absolute Gasteiger partial charge is 0.491 e. The molecule has 1 unspecified atom stereocenters. The van der Waals surface area contributed by atoms with Crippen molar-refractivity contribution in [3.63, 3.8) is 0 Å². The zero-order valence-corrected chi connectivity index (χ0v) is 78.6. The highest BCUT2D eigenvalue weighted by Crippen LogP contribution is 2.39. The number of pyridine rings is 1. The van der Waals surface area contributed by atoms with Crippen LogP contribution in [0.25, 0.3) is 11.1 Å². The third-order valence-electron chi connectivity index (χ3n) is 26.8. The molecule has 0 radical (unpaired) electrons. The van der Waals surface area contributed by atoms with Crippen LogP contribution in [-0.2, 0) is 75.3 Å². The Morgan fingerprint density at radius 2 is 1.44 bits per heavy atom. The van der Waals surface area contributed by atoms with E-state index in [0.717, 1.165) is 28.3 Å². The SMILES string of the molecule is CO[C@H]1CC2CC[C@@H](C)[C@@](O)(O2)C(=O)C(=O)N2CCCC[C@H]2C(=O)O[C@H](CC[C@@H]2CC[C@@H](OC(=O)NCc3cnc(N4CCN(C(=O)CCOCCN5CCN(c6ncc(C(=O)NCCS(=O)(=O)c7ccc(C(=O)N8CCOc9ccc(-c%10ccc(N)nc%10)cc9C8)c(C)c7F)cn6)CC5)CC4)nc3)[C@H](OC)C2)C[C@@H](O)[C@H](C)/C=C(\C)[C@@H](O)CC(=O)[C@H](C)C[C@H](C)/C=C/C=CC=C1C. The fraction of sp³-hybridized carbons (Fsp3) is 0.577. The van der Waals surface area contributed by atoms with Crippen molar-refractivity contribution in [1.29, 1.82) is 0 Å². The number of piperazine rings is 2. The van der Waals surface area contributed by atoms with Gasteiger partial charge in [0.1, 0.15) is 52.9 Å². The number of nitrogen functional groups attached to an aromatic ring is 1. The van der Waals surface area contributed by atoms with E-state index in [1.54, 1.807) is 70.6 Å². The molecule has 4 saturated heterocycles. The zero-order chi connectivity index (χ0) is 95.2. The lowest BCUT2D eigenvalue weighted by atomic mass is 9.81. The third kappa shape index (κ3) is 27.2. The van der Waals surface area contributed by atoms with E-state index in [2.05, 4.69) is 40.5 Å². The van der Waals surface area contributed by atoms with Gasteiger partial charge in [-0.1, -0.05) is 70.2 Å². The molecule has 0 spiro atoms. The lowest BCUT2D eigenvalue weighted by Gasteiger charge is -2.42. The molecule has 1 aliphatic carbocycles. The molecule has 1 saturated carbocycles. The van der Waals surface area contributed by atoms with E-state index in [1.165, 1.54) is 35.2 Å². The van der Waals surface area contributed by atoms with Gasteiger partial charge >= 0.3 is 12.1 Å². The minimum Gasteiger partial charge on any atom is -0.491 e. The first-order valence-electron chi connectivity index (χ1n) is 46.6. The van der Waals surface area contributed by atoms with Gasteiger partial charge in [-0.05, 0) is 162 Å². The van der Waals surface area contributed by atoms with Crippen molar-refractivity contribution >= 4 is 74.8 Å². The molecule has 133 heavy (non-hydrogen) atoms. The Morgan fingerprint density at radius 1 is 0.714 bits per heavy atom. The Bertz CT molecular complexity index is 5090. The van der Waals surface area contributed by atoms with Gasteiger partial charge in [-0.3, -0.25) is 33.7 Å². The molecule has 5 fully saturated rings. The van der Waals surface area contributed by atoms with Gasteiger partial charge in [0.25, 0.3) is 23.5 Å². The maximum atomic E-state index is 16.0. The summed E-state index contributed by atoms with van der Waals surface area (Å²) in [6.45, 7) is 18.6. The van der Waals surface area contributed by atoms with Crippen molar-refractivity contribution < 1.29 is 99.6 Å². The number of methoxy groups -OCH3 is 2. The van der Waals surface area contributed by atoms with Crippen LogP contribution in [0.15, 0.2) is 126 Å². The number of nitrogens with one attached hydrogen (secondary N) is 2. The van der Waals surface area contributed by atoms with Crippen molar-refractivity contribution in [2.75, 3.05) is 134 Å². The van der Waals surface area contributed by atoms with E-state index in [0.29, 0.717) is 164 Å². The number of hydrogen-bond acceptors (Lipinski definition) is 29. The number of fused-ring (bicyclic) bond motifs is 4. The number of piperidine rings is 1. The second kappa shape index (κ2) is 47.6. The predicted octanol–water partition coefficient (Wildman–Crippen LogP) is 8.82. The van der Waals surface area contributed by atoms with E-state index in [4.69, 9.17) is 38.9 Å². The number of cyclic esters (lactones) is 1. The molecule has 12 rings (SSSR count). The Morgan fingerprint density at radius 3 is 2.15 bits per heavy atom. The Kier molecular flexibility index (Phi) is 36.3. The predicted molar refractivity (Wildman–Crippen MR) is 493 cm³/mol. The van der Waals surface area contributed by atoms with Gasteiger partial charge in [-0.25, -0.2) is 47.3 Å². The summed E-state index contributed by atoms with van der Waals surface area (Å²) in [7, 11) is -1.14. The van der Waals surface area contributed by atoms with Crippen LogP contribution in [0.5, 0.6) is 5.75 Å². The highest BCUT2D eigenvalue weighted by Gasteiger charge is 2.53. The average molecular weight is 1860 g/mol. The molecule has 3 aromatic heterocycles. The molecule has 5 amide bonds. The molecule has 2 bridgehead atoms. The van der Waals surface area contributed by atoms with E-state index in [1.807, 2.05) is 85.2 Å². The number of aliphatic hydroxyl groups is 3. The number of Topliss-reactive ketones (excluding diaryl/α,β-unsaturated/α-hetero) is 2. The normalized spacial score (nSPS) is 26.9. The van der Waals surface area contributed by atoms with Crippen LogP contribution in [0, 0.1) is 42.3 Å². The first-order valence-corrected chi connectivity index (χ1v) is 48.2. The van der Waals surface area contributed by atoms with Crippen LogP contribution < -0.4 is 30.9 Å². The molecule has 7 aliphatic rings. The summed E-state index contributed by atoms with van der Waals surface area (Å²) in [5, 5.41) is 40.8. The summed E-state index contributed by atoms with van der Waals surface area (Å²) in [6.07, 6.45) is 18.5. The smallest absolute Gasteiger partial charge is 0.407 e. The van der Waals surface area contributed by atoms with Crippen LogP contribution in [0.3, 0.4) is 0 Å². The van der Waals surface area contributed by atoms with Crippen molar-refractivity contribution in [3.8, 4) is 16.9 Å². The van der Waals surface area contributed by atoms with Crippen molar-refractivity contribution in [3.05, 3.63) is 155 Å². The zero-order valence-electron chi connectivity index (χ0n) is 77.8. The summed E-state index contributed by atoms with van der Waals surface area (Å²) in [4.78, 5) is 143. The number of nitrogens with zero attached hydrogens (tertiary/aromatic N) is 11. The van der Waals surface area contributed by atoms with Gasteiger partial charge in [-0.15, -0.1) is 0 Å². The Hall–Kier alpha value is -10.6. The minimum absolute atomic E-state index is 0.00927. The first-order chi connectivity index (χ1) is 63.8. The molecule has 2 aromatic carbocycles. The first kappa shape index (κ1) is 101. The molecule has 6 aliphatic heterocycles. The van der Waals surface area contributed by atoms with E-state index >= 15 is 4.39 Å². The number of esters is 1. The summed E-state index contributed by atoms with van der Waals surface area (Å²) in [6, 6.07) is 10.4. The van der Waals surface area contributed by atoms with Gasteiger partial charge in [0, 0.05) is 190 Å². The van der Waals surface area contributed by atoms with Crippen LogP contribution in [-0.4, -0.2) is 288 Å². The maximum absolute atomic E-state index is 16.0. The van der Waals surface area contributed by atoms with E-state index in [9.17, 15) is 62.1 Å². The highest BCUT2D eigenvalue weighted by atomic mass is 32.2. The van der Waals surface area contributed by atoms with Crippen molar-refractivity contribution in [2.45, 2.75) is 217 Å². The lowest BCUT2D eigenvalue weighted by Crippen LogP contribution is -2.60. The number of halogens is 1.